The molecule has 19 heteroatoms. The standard InChI is InChI=1S/C71H138O17P2/c1-7-10-12-14-16-18-23-31-37-43-49-55-70(75)87-66(59-81-68(73)53-47-41-35-17-15-13-11-8-2)61-85-89(77,78)83-57-65(72)58-84-90(79,80)86-62-67(60-82-69(74)54-48-42-36-30-27-26-28-33-39-45-51-63(4)5)88-71(76)56-50-44-38-32-25-22-20-19-21-24-29-34-40-46-52-64(6)9-3/h63-67,72H,7-62H2,1-6H3,(H,77,78)(H,79,80)/t64?,65-,66+,67+/m0/s1. The van der Waals surface area contributed by atoms with E-state index in [0.29, 0.717) is 25.7 Å². The van der Waals surface area contributed by atoms with Gasteiger partial charge in [-0.25, -0.2) is 9.13 Å². The SMILES string of the molecule is CCCCCCCCCCCCCC(=O)O[C@H](COC(=O)CCCCCCCCCC)COP(=O)(O)OC[C@H](O)COP(=O)(O)OC[C@@H](COC(=O)CCCCCCCCCCCCC(C)C)OC(=O)CCCCCCCCCCCCCCCCC(C)CC. The summed E-state index contributed by atoms with van der Waals surface area (Å²) in [6.45, 7) is 9.58. The number of carbonyl (C=O) groups is 4. The Morgan fingerprint density at radius 2 is 0.567 bits per heavy atom. The highest BCUT2D eigenvalue weighted by molar-refractivity contribution is 7.47. The Hall–Kier alpha value is -1.94. The highest BCUT2D eigenvalue weighted by atomic mass is 31.2. The number of aliphatic hydroxyl groups excluding tert-OH is 1. The lowest BCUT2D eigenvalue weighted by Gasteiger charge is -2.21. The normalized spacial score (nSPS) is 14.4. The highest BCUT2D eigenvalue weighted by Crippen LogP contribution is 2.45. The minimum atomic E-state index is -4.95. The van der Waals surface area contributed by atoms with Gasteiger partial charge in [-0.15, -0.1) is 0 Å². The predicted octanol–water partition coefficient (Wildman–Crippen LogP) is 20.4. The number of hydrogen-bond acceptors (Lipinski definition) is 15. The van der Waals surface area contributed by atoms with Crippen molar-refractivity contribution in [3.63, 3.8) is 0 Å². The molecule has 0 aliphatic carbocycles. The van der Waals surface area contributed by atoms with Crippen molar-refractivity contribution in [2.24, 2.45) is 11.8 Å². The zero-order chi connectivity index (χ0) is 66.5. The van der Waals surface area contributed by atoms with Gasteiger partial charge in [-0.1, -0.05) is 311 Å². The van der Waals surface area contributed by atoms with Crippen LogP contribution in [0.5, 0.6) is 0 Å². The molecule has 0 aromatic rings. The number of unbranched alkanes of at least 4 members (excludes halogenated alkanes) is 39. The molecular formula is C71H138O17P2. The third-order valence-corrected chi connectivity index (χ3v) is 18.7. The average molecular weight is 1330 g/mol. The molecule has 0 aromatic carbocycles. The number of hydrogen-bond donors (Lipinski definition) is 3. The molecule has 0 amide bonds. The maximum atomic E-state index is 13.0. The van der Waals surface area contributed by atoms with Crippen LogP contribution in [0.4, 0.5) is 0 Å². The number of phosphoric ester groups is 2. The third-order valence-electron chi connectivity index (χ3n) is 16.8. The molecule has 3 unspecified atom stereocenters. The molecule has 0 saturated heterocycles. The van der Waals surface area contributed by atoms with Crippen LogP contribution >= 0.6 is 15.6 Å². The molecule has 0 aliphatic rings. The summed E-state index contributed by atoms with van der Waals surface area (Å²) in [7, 11) is -9.90. The van der Waals surface area contributed by atoms with Gasteiger partial charge < -0.3 is 33.8 Å². The molecule has 0 heterocycles. The number of esters is 4. The van der Waals surface area contributed by atoms with Crippen molar-refractivity contribution in [1.82, 2.24) is 0 Å². The Morgan fingerprint density at radius 3 is 0.844 bits per heavy atom. The molecule has 0 aliphatic heterocycles. The van der Waals surface area contributed by atoms with Crippen molar-refractivity contribution in [2.45, 2.75) is 381 Å². The lowest BCUT2D eigenvalue weighted by Crippen LogP contribution is -2.30. The number of rotatable bonds is 70. The summed E-state index contributed by atoms with van der Waals surface area (Å²) in [5, 5.41) is 10.6. The van der Waals surface area contributed by atoms with Crippen molar-refractivity contribution < 1.29 is 80.2 Å². The van der Waals surface area contributed by atoms with E-state index in [-0.39, 0.29) is 25.7 Å². The average Bonchev–Trinajstić information content (AvgIpc) is 3.71. The molecule has 0 rings (SSSR count). The van der Waals surface area contributed by atoms with Gasteiger partial charge in [0.1, 0.15) is 19.3 Å². The number of phosphoric acid groups is 2. The Labute approximate surface area is 549 Å². The summed E-state index contributed by atoms with van der Waals surface area (Å²) in [4.78, 5) is 72.5. The van der Waals surface area contributed by atoms with Crippen molar-refractivity contribution in [3.8, 4) is 0 Å². The van der Waals surface area contributed by atoms with E-state index in [0.717, 1.165) is 108 Å². The van der Waals surface area contributed by atoms with Gasteiger partial charge in [0.2, 0.25) is 0 Å². The number of aliphatic hydroxyl groups is 1. The van der Waals surface area contributed by atoms with E-state index in [2.05, 4.69) is 41.5 Å². The van der Waals surface area contributed by atoms with Crippen LogP contribution in [0.1, 0.15) is 363 Å². The lowest BCUT2D eigenvalue weighted by molar-refractivity contribution is -0.161. The van der Waals surface area contributed by atoms with E-state index in [1.807, 2.05) is 0 Å². The molecule has 0 fully saturated rings. The number of carbonyl (C=O) groups excluding carboxylic acids is 4. The molecule has 0 saturated carbocycles. The first-order valence-electron chi connectivity index (χ1n) is 37.0. The minimum absolute atomic E-state index is 0.107. The Kier molecular flexibility index (Phi) is 61.8. The zero-order valence-electron chi connectivity index (χ0n) is 58.4. The van der Waals surface area contributed by atoms with Gasteiger partial charge in [0, 0.05) is 25.7 Å². The molecule has 17 nitrogen and oxygen atoms in total. The Bertz CT molecular complexity index is 1750. The van der Waals surface area contributed by atoms with Gasteiger partial charge in [-0.3, -0.25) is 37.3 Å². The van der Waals surface area contributed by atoms with Gasteiger partial charge in [0.25, 0.3) is 0 Å². The van der Waals surface area contributed by atoms with Crippen LogP contribution in [0.25, 0.3) is 0 Å². The highest BCUT2D eigenvalue weighted by Gasteiger charge is 2.30. The second-order valence-corrected chi connectivity index (χ2v) is 29.3. The van der Waals surface area contributed by atoms with Gasteiger partial charge in [-0.2, -0.15) is 0 Å². The molecular weight excluding hydrogens is 1190 g/mol. The summed E-state index contributed by atoms with van der Waals surface area (Å²) in [5.74, 6) is -0.520. The van der Waals surface area contributed by atoms with E-state index < -0.39 is 97.5 Å². The summed E-state index contributed by atoms with van der Waals surface area (Å²) < 4.78 is 68.2. The van der Waals surface area contributed by atoms with E-state index in [1.54, 1.807) is 0 Å². The van der Waals surface area contributed by atoms with Gasteiger partial charge in [0.05, 0.1) is 26.4 Å². The topological polar surface area (TPSA) is 237 Å². The van der Waals surface area contributed by atoms with Crippen LogP contribution in [0.15, 0.2) is 0 Å². The first-order valence-corrected chi connectivity index (χ1v) is 40.0. The van der Waals surface area contributed by atoms with Crippen LogP contribution in [0.3, 0.4) is 0 Å². The maximum absolute atomic E-state index is 13.0. The van der Waals surface area contributed by atoms with E-state index >= 15 is 0 Å². The lowest BCUT2D eigenvalue weighted by atomic mass is 9.99. The van der Waals surface area contributed by atoms with Gasteiger partial charge >= 0.3 is 39.5 Å². The summed E-state index contributed by atoms with van der Waals surface area (Å²) >= 11 is 0. The fraction of sp³-hybridized carbons (Fsp3) is 0.944. The summed E-state index contributed by atoms with van der Waals surface area (Å²) in [6.07, 6.45) is 48.5. The smallest absolute Gasteiger partial charge is 0.462 e. The van der Waals surface area contributed by atoms with E-state index in [4.69, 9.17) is 37.0 Å². The molecule has 6 atom stereocenters. The molecule has 0 spiro atoms. The quantitative estimate of drug-likeness (QED) is 0.0222. The molecule has 0 radical (unpaired) electrons. The first-order chi connectivity index (χ1) is 43.4. The van der Waals surface area contributed by atoms with Crippen LogP contribution in [0.2, 0.25) is 0 Å². The Morgan fingerprint density at radius 1 is 0.322 bits per heavy atom. The summed E-state index contributed by atoms with van der Waals surface area (Å²) in [5.41, 5.74) is 0. The van der Waals surface area contributed by atoms with E-state index in [1.165, 1.54) is 173 Å². The van der Waals surface area contributed by atoms with Crippen LogP contribution in [-0.4, -0.2) is 96.7 Å². The van der Waals surface area contributed by atoms with Crippen LogP contribution in [0, 0.1) is 11.8 Å². The predicted molar refractivity (Wildman–Crippen MR) is 363 cm³/mol. The van der Waals surface area contributed by atoms with Crippen molar-refractivity contribution in [1.29, 1.82) is 0 Å². The summed E-state index contributed by atoms with van der Waals surface area (Å²) in [6, 6.07) is 0. The minimum Gasteiger partial charge on any atom is -0.462 e. The van der Waals surface area contributed by atoms with E-state index in [9.17, 15) is 43.2 Å². The molecule has 3 N–H and O–H groups in total. The molecule has 0 aromatic heterocycles. The Balaban J connectivity index is 5.21. The molecule has 0 bridgehead atoms. The third kappa shape index (κ3) is 63.5. The molecule has 90 heavy (non-hydrogen) atoms. The number of ether oxygens (including phenoxy) is 4. The second-order valence-electron chi connectivity index (χ2n) is 26.3. The fourth-order valence-electron chi connectivity index (χ4n) is 10.7. The van der Waals surface area contributed by atoms with Crippen molar-refractivity contribution in [2.75, 3.05) is 39.6 Å². The zero-order valence-corrected chi connectivity index (χ0v) is 60.2. The fourth-order valence-corrected chi connectivity index (χ4v) is 12.3. The monoisotopic (exact) mass is 1320 g/mol. The van der Waals surface area contributed by atoms with Crippen molar-refractivity contribution >= 4 is 39.5 Å². The van der Waals surface area contributed by atoms with Crippen molar-refractivity contribution in [3.05, 3.63) is 0 Å². The first kappa shape index (κ1) is 88.1. The van der Waals surface area contributed by atoms with Crippen LogP contribution < -0.4 is 0 Å². The van der Waals surface area contributed by atoms with Gasteiger partial charge in [-0.05, 0) is 37.5 Å². The largest absolute Gasteiger partial charge is 0.472 e. The maximum Gasteiger partial charge on any atom is 0.472 e. The van der Waals surface area contributed by atoms with Gasteiger partial charge in [0.15, 0.2) is 12.2 Å². The second kappa shape index (κ2) is 63.1. The van der Waals surface area contributed by atoms with Crippen LogP contribution in [-0.2, 0) is 65.4 Å². The molecule has 534 valence electrons.